The highest BCUT2D eigenvalue weighted by atomic mass is 14.9. The quantitative estimate of drug-likeness (QED) is 0.454. The van der Waals surface area contributed by atoms with E-state index >= 15 is 0 Å². The van der Waals surface area contributed by atoms with E-state index in [-0.39, 0.29) is 0 Å². The molecule has 1 aliphatic heterocycles. The van der Waals surface area contributed by atoms with Crippen LogP contribution in [0, 0.1) is 24.2 Å². The Bertz CT molecular complexity index is 1080. The first-order chi connectivity index (χ1) is 13.9. The van der Waals surface area contributed by atoms with E-state index in [1.54, 1.807) is 5.57 Å². The van der Waals surface area contributed by atoms with Crippen molar-refractivity contribution in [3.05, 3.63) is 83.4 Å². The van der Waals surface area contributed by atoms with Gasteiger partial charge in [0, 0.05) is 17.2 Å². The highest BCUT2D eigenvalue weighted by Crippen LogP contribution is 2.53. The first kappa shape index (κ1) is 18.5. The van der Waals surface area contributed by atoms with E-state index in [2.05, 4.69) is 99.8 Å². The molecule has 3 aromatic rings. The summed E-state index contributed by atoms with van der Waals surface area (Å²) < 4.78 is 0. The molecule has 0 radical (unpaired) electrons. The van der Waals surface area contributed by atoms with Crippen molar-refractivity contribution in [2.24, 2.45) is 17.3 Å². The maximum absolute atomic E-state index is 3.96. The molecular weight excluding hydrogens is 350 g/mol. The van der Waals surface area contributed by atoms with Gasteiger partial charge in [-0.05, 0) is 59.1 Å². The first-order valence-corrected chi connectivity index (χ1v) is 11.0. The second kappa shape index (κ2) is 6.76. The Labute approximate surface area is 174 Å². The first-order valence-electron chi connectivity index (χ1n) is 11.0. The van der Waals surface area contributed by atoms with Crippen LogP contribution in [0.2, 0.25) is 0 Å². The number of rotatable bonds is 1. The van der Waals surface area contributed by atoms with Gasteiger partial charge >= 0.3 is 0 Å². The maximum Gasteiger partial charge on any atom is 0.0582 e. The summed E-state index contributed by atoms with van der Waals surface area (Å²) in [4.78, 5) is 0. The Balaban J connectivity index is 1.69. The summed E-state index contributed by atoms with van der Waals surface area (Å²) in [6, 6.07) is 22.8. The Morgan fingerprint density at radius 2 is 1.66 bits per heavy atom. The molecule has 0 amide bonds. The molecule has 0 fully saturated rings. The van der Waals surface area contributed by atoms with Gasteiger partial charge in [0.25, 0.3) is 0 Å². The lowest BCUT2D eigenvalue weighted by molar-refractivity contribution is 0.196. The van der Waals surface area contributed by atoms with E-state index in [1.165, 1.54) is 46.0 Å². The number of benzene rings is 3. The molecule has 1 aliphatic carbocycles. The largest absolute Gasteiger partial charge is 0.377 e. The lowest BCUT2D eigenvalue weighted by Crippen LogP contribution is -2.34. The van der Waals surface area contributed by atoms with Crippen LogP contribution in [0.5, 0.6) is 0 Å². The molecule has 3 atom stereocenters. The second-order valence-electron chi connectivity index (χ2n) is 10.0. The Morgan fingerprint density at radius 3 is 2.41 bits per heavy atom. The fraction of sp³-hybridized carbons (Fsp3) is 0.357. The fourth-order valence-electron chi connectivity index (χ4n) is 5.32. The van der Waals surface area contributed by atoms with Crippen molar-refractivity contribution in [3.8, 4) is 0 Å². The van der Waals surface area contributed by atoms with E-state index in [0.717, 1.165) is 0 Å². The molecule has 0 unspecified atom stereocenters. The number of allylic oxidation sites excluding steroid dienone is 1. The molecule has 0 saturated heterocycles. The van der Waals surface area contributed by atoms with Crippen LogP contribution in [0.3, 0.4) is 0 Å². The van der Waals surface area contributed by atoms with Gasteiger partial charge < -0.3 is 5.32 Å². The van der Waals surface area contributed by atoms with Gasteiger partial charge in [0.2, 0.25) is 0 Å². The lowest BCUT2D eigenvalue weighted by atomic mass is 9.64. The molecule has 148 valence electrons. The van der Waals surface area contributed by atoms with Crippen LogP contribution in [-0.2, 0) is 0 Å². The van der Waals surface area contributed by atoms with Crippen molar-refractivity contribution in [2.45, 2.75) is 46.6 Å². The van der Waals surface area contributed by atoms with Crippen molar-refractivity contribution < 1.29 is 0 Å². The van der Waals surface area contributed by atoms with E-state index < -0.39 is 0 Å². The summed E-state index contributed by atoms with van der Waals surface area (Å²) in [6.07, 6.45) is 4.99. The summed E-state index contributed by atoms with van der Waals surface area (Å²) in [5.74, 6) is 1.22. The van der Waals surface area contributed by atoms with Gasteiger partial charge in [0.15, 0.2) is 0 Å². The van der Waals surface area contributed by atoms with Crippen LogP contribution < -0.4 is 5.32 Å². The molecule has 2 aliphatic rings. The molecule has 1 nitrogen and oxygen atoms in total. The maximum atomic E-state index is 3.96. The molecule has 1 N–H and O–H groups in total. The van der Waals surface area contributed by atoms with Crippen LogP contribution in [0.1, 0.15) is 56.3 Å². The average molecular weight is 382 g/mol. The van der Waals surface area contributed by atoms with Crippen molar-refractivity contribution in [2.75, 3.05) is 5.32 Å². The number of hydrogen-bond donors (Lipinski definition) is 1. The normalized spacial score (nSPS) is 23.7. The molecule has 1 heteroatoms. The minimum Gasteiger partial charge on any atom is -0.377 e. The average Bonchev–Trinajstić information content (AvgIpc) is 2.72. The zero-order valence-corrected chi connectivity index (χ0v) is 18.0. The summed E-state index contributed by atoms with van der Waals surface area (Å²) in [6.45, 7) is 9.37. The van der Waals surface area contributed by atoms with Crippen LogP contribution in [-0.4, -0.2) is 0 Å². The van der Waals surface area contributed by atoms with E-state index in [1.807, 2.05) is 0 Å². The van der Waals surface area contributed by atoms with Gasteiger partial charge in [0.05, 0.1) is 6.04 Å². The summed E-state index contributed by atoms with van der Waals surface area (Å²) in [5.41, 5.74) is 7.33. The SMILES string of the molecule is Cc1ccc([C@H]2Nc3ccc4ccccc4c3C3=CC[C@@H](C(C)(C)C)C[C@@H]32)cc1. The molecular formula is C28H31N. The third-order valence-corrected chi connectivity index (χ3v) is 7.15. The van der Waals surface area contributed by atoms with Crippen LogP contribution >= 0.6 is 0 Å². The van der Waals surface area contributed by atoms with Gasteiger partial charge in [-0.15, -0.1) is 0 Å². The van der Waals surface area contributed by atoms with Crippen molar-refractivity contribution in [1.29, 1.82) is 0 Å². The van der Waals surface area contributed by atoms with Crippen LogP contribution in [0.4, 0.5) is 5.69 Å². The second-order valence-corrected chi connectivity index (χ2v) is 10.0. The molecule has 29 heavy (non-hydrogen) atoms. The number of anilines is 1. The molecule has 5 rings (SSSR count). The molecule has 3 aromatic carbocycles. The summed E-state index contributed by atoms with van der Waals surface area (Å²) >= 11 is 0. The smallest absolute Gasteiger partial charge is 0.0582 e. The summed E-state index contributed by atoms with van der Waals surface area (Å²) in [5, 5.41) is 6.67. The number of hydrogen-bond acceptors (Lipinski definition) is 1. The van der Waals surface area contributed by atoms with Gasteiger partial charge in [-0.3, -0.25) is 0 Å². The van der Waals surface area contributed by atoms with Gasteiger partial charge in [-0.25, -0.2) is 0 Å². The van der Waals surface area contributed by atoms with Crippen molar-refractivity contribution in [1.82, 2.24) is 0 Å². The van der Waals surface area contributed by atoms with Crippen molar-refractivity contribution >= 4 is 22.0 Å². The molecule has 0 aromatic heterocycles. The number of aryl methyl sites for hydroxylation is 1. The number of fused-ring (bicyclic) bond motifs is 5. The Kier molecular flexibility index (Phi) is 4.31. The van der Waals surface area contributed by atoms with Gasteiger partial charge in [-0.1, -0.05) is 87.0 Å². The Morgan fingerprint density at radius 1 is 0.897 bits per heavy atom. The predicted molar refractivity (Wildman–Crippen MR) is 125 cm³/mol. The standard InChI is InChI=1S/C28H31N/c1-18-9-11-20(12-10-18)27-24-17-21(28(2,3)4)14-15-23(24)26-22-8-6-5-7-19(22)13-16-25(26)29-27/h5-13,15-16,21,24,27,29H,14,17H2,1-4H3/t21-,24+,27-/m1/s1. The van der Waals surface area contributed by atoms with Crippen molar-refractivity contribution in [3.63, 3.8) is 0 Å². The number of nitrogens with one attached hydrogen (secondary N) is 1. The topological polar surface area (TPSA) is 12.0 Å². The Hall–Kier alpha value is -2.54. The molecule has 0 bridgehead atoms. The lowest BCUT2D eigenvalue weighted by Gasteiger charge is -2.45. The zero-order valence-electron chi connectivity index (χ0n) is 18.0. The summed E-state index contributed by atoms with van der Waals surface area (Å²) in [7, 11) is 0. The van der Waals surface area contributed by atoms with Crippen LogP contribution in [0.25, 0.3) is 16.3 Å². The predicted octanol–water partition coefficient (Wildman–Crippen LogP) is 7.77. The van der Waals surface area contributed by atoms with Gasteiger partial charge in [-0.2, -0.15) is 0 Å². The monoisotopic (exact) mass is 381 g/mol. The highest BCUT2D eigenvalue weighted by molar-refractivity contribution is 6.01. The zero-order chi connectivity index (χ0) is 20.2. The minimum atomic E-state index is 0.332. The minimum absolute atomic E-state index is 0.332. The highest BCUT2D eigenvalue weighted by Gasteiger charge is 2.40. The van der Waals surface area contributed by atoms with E-state index in [0.29, 0.717) is 23.3 Å². The van der Waals surface area contributed by atoms with E-state index in [4.69, 9.17) is 0 Å². The van der Waals surface area contributed by atoms with Crippen LogP contribution in [0.15, 0.2) is 66.7 Å². The molecule has 1 heterocycles. The molecule has 0 spiro atoms. The third-order valence-electron chi connectivity index (χ3n) is 7.15. The van der Waals surface area contributed by atoms with E-state index in [9.17, 15) is 0 Å². The molecule has 0 saturated carbocycles. The third kappa shape index (κ3) is 3.17. The fourth-order valence-corrected chi connectivity index (χ4v) is 5.32. The van der Waals surface area contributed by atoms with Gasteiger partial charge in [0.1, 0.15) is 0 Å².